The van der Waals surface area contributed by atoms with E-state index in [9.17, 15) is 0 Å². The molecule has 5 heteroatoms. The van der Waals surface area contributed by atoms with Gasteiger partial charge in [-0.2, -0.15) is 0 Å². The van der Waals surface area contributed by atoms with Crippen molar-refractivity contribution in [1.82, 2.24) is 10.3 Å². The number of oxazole rings is 1. The Morgan fingerprint density at radius 3 is 2.94 bits per heavy atom. The first-order valence-electron chi connectivity index (χ1n) is 4.65. The second-order valence-electron chi connectivity index (χ2n) is 3.16. The van der Waals surface area contributed by atoms with E-state index in [2.05, 4.69) is 10.3 Å². The van der Waals surface area contributed by atoms with Gasteiger partial charge in [0.25, 0.3) is 0 Å². The lowest BCUT2D eigenvalue weighted by Gasteiger charge is -1.96. The van der Waals surface area contributed by atoms with Crippen LogP contribution in [0.25, 0.3) is 11.3 Å². The molecule has 0 fully saturated rings. The fraction of sp³-hybridized carbons (Fsp3) is 0.182. The second-order valence-corrected chi connectivity index (χ2v) is 3.60. The van der Waals surface area contributed by atoms with Crippen molar-refractivity contribution in [2.75, 3.05) is 7.05 Å². The molecule has 0 aliphatic heterocycles. The van der Waals surface area contributed by atoms with Crippen LogP contribution in [0.3, 0.4) is 0 Å². The maximum Gasteiger partial charge on any atom is 0.208 e. The number of aromatic nitrogens is 1. The van der Waals surface area contributed by atoms with Gasteiger partial charge in [-0.05, 0) is 19.2 Å². The highest BCUT2D eigenvalue weighted by molar-refractivity contribution is 6.30. The van der Waals surface area contributed by atoms with Gasteiger partial charge in [-0.25, -0.2) is 4.98 Å². The molecule has 0 spiro atoms. The average Bonchev–Trinajstić information content (AvgIpc) is 2.67. The van der Waals surface area contributed by atoms with Crippen molar-refractivity contribution in [3.63, 3.8) is 0 Å². The van der Waals surface area contributed by atoms with Crippen LogP contribution in [0.4, 0.5) is 0 Å². The summed E-state index contributed by atoms with van der Waals surface area (Å²) in [7, 11) is 1.85. The summed E-state index contributed by atoms with van der Waals surface area (Å²) in [5.74, 6) is 1.41. The summed E-state index contributed by atoms with van der Waals surface area (Å²) in [6.07, 6.45) is 1.71. The standard InChI is InChI=1S/C11H11ClN2O.ClH/c1-13-7-11-14-6-10(15-11)8-3-2-4-9(12)5-8;/h2-6,13H,7H2,1H3;1H. The molecular weight excluding hydrogens is 247 g/mol. The number of rotatable bonds is 3. The molecule has 0 saturated heterocycles. The van der Waals surface area contributed by atoms with E-state index in [-0.39, 0.29) is 12.4 Å². The Morgan fingerprint density at radius 2 is 2.25 bits per heavy atom. The van der Waals surface area contributed by atoms with Crippen molar-refractivity contribution >= 4 is 24.0 Å². The smallest absolute Gasteiger partial charge is 0.208 e. The normalized spacial score (nSPS) is 9.88. The summed E-state index contributed by atoms with van der Waals surface area (Å²) in [5, 5.41) is 3.67. The Hall–Kier alpha value is -1.03. The van der Waals surface area contributed by atoms with Gasteiger partial charge in [0.05, 0.1) is 12.7 Å². The van der Waals surface area contributed by atoms with Crippen LogP contribution in [0.5, 0.6) is 0 Å². The Morgan fingerprint density at radius 1 is 1.44 bits per heavy atom. The molecule has 86 valence electrons. The molecule has 0 saturated carbocycles. The lowest BCUT2D eigenvalue weighted by atomic mass is 10.2. The van der Waals surface area contributed by atoms with Gasteiger partial charge in [-0.1, -0.05) is 23.7 Å². The molecule has 0 radical (unpaired) electrons. The largest absolute Gasteiger partial charge is 0.439 e. The van der Waals surface area contributed by atoms with Crippen LogP contribution in [0.15, 0.2) is 34.9 Å². The average molecular weight is 259 g/mol. The molecule has 2 rings (SSSR count). The van der Waals surface area contributed by atoms with E-state index < -0.39 is 0 Å². The van der Waals surface area contributed by atoms with Gasteiger partial charge in [0, 0.05) is 10.6 Å². The molecule has 16 heavy (non-hydrogen) atoms. The van der Waals surface area contributed by atoms with Crippen LogP contribution >= 0.6 is 24.0 Å². The van der Waals surface area contributed by atoms with E-state index in [0.717, 1.165) is 11.3 Å². The van der Waals surface area contributed by atoms with Gasteiger partial charge in [0.1, 0.15) is 0 Å². The van der Waals surface area contributed by atoms with E-state index in [1.165, 1.54) is 0 Å². The van der Waals surface area contributed by atoms with Gasteiger partial charge in [-0.15, -0.1) is 12.4 Å². The predicted molar refractivity (Wildman–Crippen MR) is 67.0 cm³/mol. The molecule has 1 aromatic heterocycles. The van der Waals surface area contributed by atoms with Crippen molar-refractivity contribution in [1.29, 1.82) is 0 Å². The van der Waals surface area contributed by atoms with Gasteiger partial charge < -0.3 is 9.73 Å². The second kappa shape index (κ2) is 5.89. The fourth-order valence-corrected chi connectivity index (χ4v) is 1.51. The quantitative estimate of drug-likeness (QED) is 0.920. The first-order valence-corrected chi connectivity index (χ1v) is 5.02. The molecule has 2 aromatic rings. The Kier molecular flexibility index (Phi) is 4.80. The fourth-order valence-electron chi connectivity index (χ4n) is 1.32. The number of halogens is 2. The van der Waals surface area contributed by atoms with Crippen molar-refractivity contribution in [2.45, 2.75) is 6.54 Å². The summed E-state index contributed by atoms with van der Waals surface area (Å²) in [5.41, 5.74) is 0.942. The summed E-state index contributed by atoms with van der Waals surface area (Å²) in [6.45, 7) is 0.626. The van der Waals surface area contributed by atoms with E-state index in [4.69, 9.17) is 16.0 Å². The zero-order valence-electron chi connectivity index (χ0n) is 8.74. The minimum absolute atomic E-state index is 0. The predicted octanol–water partition coefficient (Wildman–Crippen LogP) is 3.14. The highest BCUT2D eigenvalue weighted by Gasteiger charge is 2.05. The molecule has 0 aliphatic carbocycles. The van der Waals surface area contributed by atoms with Crippen molar-refractivity contribution < 1.29 is 4.42 Å². The van der Waals surface area contributed by atoms with Crippen LogP contribution in [0, 0.1) is 0 Å². The summed E-state index contributed by atoms with van der Waals surface area (Å²) in [4.78, 5) is 4.14. The molecule has 1 heterocycles. The number of hydrogen-bond acceptors (Lipinski definition) is 3. The maximum absolute atomic E-state index is 5.89. The third-order valence-corrected chi connectivity index (χ3v) is 2.23. The van der Waals surface area contributed by atoms with Gasteiger partial charge in [-0.3, -0.25) is 0 Å². The Bertz CT molecular complexity index is 457. The highest BCUT2D eigenvalue weighted by Crippen LogP contribution is 2.23. The van der Waals surface area contributed by atoms with Crippen molar-refractivity contribution in [2.24, 2.45) is 0 Å². The maximum atomic E-state index is 5.89. The Labute approximate surface area is 105 Å². The summed E-state index contributed by atoms with van der Waals surface area (Å²) >= 11 is 5.89. The minimum atomic E-state index is 0. The van der Waals surface area contributed by atoms with Crippen LogP contribution < -0.4 is 5.32 Å². The van der Waals surface area contributed by atoms with Gasteiger partial charge >= 0.3 is 0 Å². The third kappa shape index (κ3) is 2.98. The van der Waals surface area contributed by atoms with E-state index in [1.807, 2.05) is 31.3 Å². The van der Waals surface area contributed by atoms with Crippen LogP contribution in [0.2, 0.25) is 5.02 Å². The van der Waals surface area contributed by atoms with Crippen LogP contribution in [-0.2, 0) is 6.54 Å². The molecule has 3 nitrogen and oxygen atoms in total. The molecular formula is C11H12Cl2N2O. The lowest BCUT2D eigenvalue weighted by molar-refractivity contribution is 0.491. The lowest BCUT2D eigenvalue weighted by Crippen LogP contribution is -2.04. The molecule has 1 N–H and O–H groups in total. The van der Waals surface area contributed by atoms with Crippen LogP contribution in [-0.4, -0.2) is 12.0 Å². The summed E-state index contributed by atoms with van der Waals surface area (Å²) in [6, 6.07) is 7.51. The number of benzene rings is 1. The highest BCUT2D eigenvalue weighted by atomic mass is 35.5. The number of nitrogens with zero attached hydrogens (tertiary/aromatic N) is 1. The first kappa shape index (κ1) is 13.0. The zero-order chi connectivity index (χ0) is 10.7. The third-order valence-electron chi connectivity index (χ3n) is 1.99. The zero-order valence-corrected chi connectivity index (χ0v) is 10.3. The minimum Gasteiger partial charge on any atom is -0.439 e. The Balaban J connectivity index is 0.00000128. The molecule has 1 aromatic carbocycles. The molecule has 0 amide bonds. The van der Waals surface area contributed by atoms with Crippen LogP contribution in [0.1, 0.15) is 5.89 Å². The van der Waals surface area contributed by atoms with Gasteiger partial charge in [0.2, 0.25) is 5.89 Å². The number of nitrogens with one attached hydrogen (secondary N) is 1. The van der Waals surface area contributed by atoms with E-state index >= 15 is 0 Å². The SMILES string of the molecule is CNCc1ncc(-c2cccc(Cl)c2)o1.Cl. The summed E-state index contributed by atoms with van der Waals surface area (Å²) < 4.78 is 5.53. The number of hydrogen-bond donors (Lipinski definition) is 1. The van der Waals surface area contributed by atoms with Crippen molar-refractivity contribution in [3.05, 3.63) is 41.4 Å². The monoisotopic (exact) mass is 258 g/mol. The molecule has 0 atom stereocenters. The molecule has 0 unspecified atom stereocenters. The topological polar surface area (TPSA) is 38.1 Å². The van der Waals surface area contributed by atoms with Crippen molar-refractivity contribution in [3.8, 4) is 11.3 Å². The molecule has 0 bridgehead atoms. The molecule has 0 aliphatic rings. The van der Waals surface area contributed by atoms with E-state index in [1.54, 1.807) is 6.20 Å². The first-order chi connectivity index (χ1) is 7.29. The van der Waals surface area contributed by atoms with E-state index in [0.29, 0.717) is 17.5 Å². The van der Waals surface area contributed by atoms with Gasteiger partial charge in [0.15, 0.2) is 5.76 Å².